The van der Waals surface area contributed by atoms with E-state index in [9.17, 15) is 9.59 Å². The Bertz CT molecular complexity index is 1270. The van der Waals surface area contributed by atoms with Crippen molar-refractivity contribution in [1.82, 2.24) is 0 Å². The first-order valence-corrected chi connectivity index (χ1v) is 12.3. The molecule has 0 bridgehead atoms. The molecule has 0 N–H and O–H groups in total. The lowest BCUT2D eigenvalue weighted by Gasteiger charge is -2.14. The number of imide groups is 1. The minimum absolute atomic E-state index is 0.234. The van der Waals surface area contributed by atoms with Crippen molar-refractivity contribution in [2.24, 2.45) is 0 Å². The van der Waals surface area contributed by atoms with Crippen molar-refractivity contribution in [2.75, 3.05) is 12.0 Å². The quantitative estimate of drug-likeness (QED) is 0.214. The van der Waals surface area contributed by atoms with Crippen LogP contribution in [0.15, 0.2) is 65.6 Å². The van der Waals surface area contributed by atoms with Gasteiger partial charge in [-0.15, -0.1) is 0 Å². The number of anilines is 1. The van der Waals surface area contributed by atoms with Gasteiger partial charge in [-0.2, -0.15) is 0 Å². The second-order valence-electron chi connectivity index (χ2n) is 6.91. The van der Waals surface area contributed by atoms with E-state index >= 15 is 0 Å². The SMILES string of the molecule is COc1cc(/C=C2\SC(=O)N(c3ccccc3)C2=O)cc(I)c1OCc1ccc(Cl)cc1Cl. The van der Waals surface area contributed by atoms with Crippen LogP contribution < -0.4 is 14.4 Å². The van der Waals surface area contributed by atoms with E-state index in [1.165, 1.54) is 4.90 Å². The number of para-hydroxylation sites is 1. The number of methoxy groups -OCH3 is 1. The molecule has 1 saturated heterocycles. The van der Waals surface area contributed by atoms with Crippen LogP contribution in [-0.4, -0.2) is 18.3 Å². The fourth-order valence-corrected chi connectivity index (χ4v) is 5.26. The van der Waals surface area contributed by atoms with Crippen molar-refractivity contribution in [1.29, 1.82) is 0 Å². The van der Waals surface area contributed by atoms with Crippen LogP contribution in [0.2, 0.25) is 10.0 Å². The third kappa shape index (κ3) is 5.32. The predicted octanol–water partition coefficient (Wildman–Crippen LogP) is 7.43. The number of halogens is 3. The van der Waals surface area contributed by atoms with Gasteiger partial charge in [0.05, 0.1) is 21.3 Å². The summed E-state index contributed by atoms with van der Waals surface area (Å²) >= 11 is 15.2. The van der Waals surface area contributed by atoms with Gasteiger partial charge in [-0.1, -0.05) is 47.5 Å². The summed E-state index contributed by atoms with van der Waals surface area (Å²) in [6.45, 7) is 0.234. The average molecular weight is 612 g/mol. The second-order valence-corrected chi connectivity index (χ2v) is 9.91. The number of carbonyl (C=O) groups excluding carboxylic acids is 2. The molecule has 33 heavy (non-hydrogen) atoms. The summed E-state index contributed by atoms with van der Waals surface area (Å²) in [6, 6.07) is 17.7. The summed E-state index contributed by atoms with van der Waals surface area (Å²) in [7, 11) is 1.54. The number of hydrogen-bond donors (Lipinski definition) is 0. The third-order valence-electron chi connectivity index (χ3n) is 4.74. The number of rotatable bonds is 6. The van der Waals surface area contributed by atoms with Gasteiger partial charge in [0.25, 0.3) is 11.1 Å². The zero-order valence-corrected chi connectivity index (χ0v) is 21.7. The zero-order valence-electron chi connectivity index (χ0n) is 17.2. The molecule has 1 fully saturated rings. The molecule has 0 saturated carbocycles. The molecular weight excluding hydrogens is 596 g/mol. The minimum atomic E-state index is -0.358. The lowest BCUT2D eigenvalue weighted by Crippen LogP contribution is -2.27. The maximum Gasteiger partial charge on any atom is 0.298 e. The van der Waals surface area contributed by atoms with Crippen LogP contribution in [0.1, 0.15) is 11.1 Å². The number of hydrogen-bond acceptors (Lipinski definition) is 5. The Balaban J connectivity index is 1.58. The topological polar surface area (TPSA) is 55.8 Å². The fraction of sp³-hybridized carbons (Fsp3) is 0.0833. The van der Waals surface area contributed by atoms with Gasteiger partial charge in [-0.25, -0.2) is 4.90 Å². The number of ether oxygens (including phenoxy) is 2. The number of carbonyl (C=O) groups is 2. The number of nitrogens with zero attached hydrogens (tertiary/aromatic N) is 1. The molecule has 3 aromatic carbocycles. The zero-order chi connectivity index (χ0) is 23.5. The van der Waals surface area contributed by atoms with Crippen LogP contribution in [-0.2, 0) is 11.4 Å². The van der Waals surface area contributed by atoms with Gasteiger partial charge in [-0.3, -0.25) is 9.59 Å². The third-order valence-corrected chi connectivity index (χ3v) is 7.00. The highest BCUT2D eigenvalue weighted by molar-refractivity contribution is 14.1. The van der Waals surface area contributed by atoms with Gasteiger partial charge in [-0.05, 0) is 82.4 Å². The first-order valence-electron chi connectivity index (χ1n) is 9.64. The van der Waals surface area contributed by atoms with Crippen LogP contribution in [0, 0.1) is 3.57 Å². The summed E-state index contributed by atoms with van der Waals surface area (Å²) in [6.07, 6.45) is 1.68. The molecular formula is C24H16Cl2INO4S. The first kappa shape index (κ1) is 23.9. The molecule has 1 aliphatic heterocycles. The monoisotopic (exact) mass is 611 g/mol. The Morgan fingerprint density at radius 2 is 1.82 bits per heavy atom. The Hall–Kier alpha value is -2.20. The number of thioether (sulfide) groups is 1. The summed E-state index contributed by atoms with van der Waals surface area (Å²) in [5, 5.41) is 0.734. The van der Waals surface area contributed by atoms with E-state index < -0.39 is 0 Å². The lowest BCUT2D eigenvalue weighted by atomic mass is 10.1. The van der Waals surface area contributed by atoms with Gasteiger partial charge in [0.2, 0.25) is 0 Å². The van der Waals surface area contributed by atoms with E-state index in [1.807, 2.05) is 12.1 Å². The molecule has 168 valence electrons. The van der Waals surface area contributed by atoms with E-state index in [0.29, 0.717) is 37.7 Å². The summed E-state index contributed by atoms with van der Waals surface area (Å²) in [5.74, 6) is 0.696. The summed E-state index contributed by atoms with van der Waals surface area (Å²) in [4.78, 5) is 26.8. The molecule has 9 heteroatoms. The highest BCUT2D eigenvalue weighted by Gasteiger charge is 2.36. The van der Waals surface area contributed by atoms with Crippen LogP contribution in [0.4, 0.5) is 10.5 Å². The Morgan fingerprint density at radius 3 is 2.52 bits per heavy atom. The molecule has 5 nitrogen and oxygen atoms in total. The van der Waals surface area contributed by atoms with E-state index in [2.05, 4.69) is 22.6 Å². The normalized spacial score (nSPS) is 14.8. The molecule has 0 unspecified atom stereocenters. The highest BCUT2D eigenvalue weighted by Crippen LogP contribution is 2.39. The van der Waals surface area contributed by atoms with Crippen molar-refractivity contribution in [3.05, 3.63) is 90.3 Å². The summed E-state index contributed by atoms with van der Waals surface area (Å²) in [5.41, 5.74) is 2.05. The van der Waals surface area contributed by atoms with Gasteiger partial charge in [0, 0.05) is 15.6 Å². The van der Waals surface area contributed by atoms with Gasteiger partial charge in [0.15, 0.2) is 11.5 Å². The standard InChI is InChI=1S/C24H16Cl2INO4S/c1-31-20-10-14(9-19(27)22(20)32-13-15-7-8-16(25)12-18(15)26)11-21-23(29)28(24(30)33-21)17-5-3-2-4-6-17/h2-12H,13H2,1H3/b21-11-. The Labute approximate surface area is 218 Å². The fourth-order valence-electron chi connectivity index (χ4n) is 3.17. The van der Waals surface area contributed by atoms with Crippen LogP contribution in [0.25, 0.3) is 6.08 Å². The van der Waals surface area contributed by atoms with Crippen LogP contribution in [0.5, 0.6) is 11.5 Å². The van der Waals surface area contributed by atoms with Crippen molar-refractivity contribution in [3.8, 4) is 11.5 Å². The molecule has 0 spiro atoms. The Kier molecular flexibility index (Phi) is 7.53. The van der Waals surface area contributed by atoms with Gasteiger partial charge >= 0.3 is 0 Å². The molecule has 2 amide bonds. The predicted molar refractivity (Wildman–Crippen MR) is 141 cm³/mol. The average Bonchev–Trinajstić information content (AvgIpc) is 3.07. The van der Waals surface area contributed by atoms with Crippen molar-refractivity contribution < 1.29 is 19.1 Å². The molecule has 4 rings (SSSR count). The molecule has 0 radical (unpaired) electrons. The highest BCUT2D eigenvalue weighted by atomic mass is 127. The van der Waals surface area contributed by atoms with Crippen molar-refractivity contribution >= 4 is 80.5 Å². The number of benzene rings is 3. The van der Waals surface area contributed by atoms with Crippen molar-refractivity contribution in [3.63, 3.8) is 0 Å². The van der Waals surface area contributed by atoms with Crippen LogP contribution >= 0.6 is 57.6 Å². The van der Waals surface area contributed by atoms with Gasteiger partial charge in [0.1, 0.15) is 6.61 Å². The van der Waals surface area contributed by atoms with E-state index in [4.69, 9.17) is 32.7 Å². The van der Waals surface area contributed by atoms with E-state index in [-0.39, 0.29) is 17.8 Å². The van der Waals surface area contributed by atoms with Gasteiger partial charge < -0.3 is 9.47 Å². The lowest BCUT2D eigenvalue weighted by molar-refractivity contribution is -0.113. The largest absolute Gasteiger partial charge is 0.493 e. The molecule has 0 atom stereocenters. The smallest absolute Gasteiger partial charge is 0.298 e. The van der Waals surface area contributed by atoms with Crippen molar-refractivity contribution in [2.45, 2.75) is 6.61 Å². The molecule has 1 heterocycles. The van der Waals surface area contributed by atoms with E-state index in [0.717, 1.165) is 20.9 Å². The summed E-state index contributed by atoms with van der Waals surface area (Å²) < 4.78 is 12.3. The maximum atomic E-state index is 12.9. The van der Waals surface area contributed by atoms with Crippen LogP contribution in [0.3, 0.4) is 0 Å². The molecule has 3 aromatic rings. The Morgan fingerprint density at radius 1 is 1.06 bits per heavy atom. The maximum absolute atomic E-state index is 12.9. The van der Waals surface area contributed by atoms with E-state index in [1.54, 1.807) is 61.7 Å². The molecule has 0 aliphatic carbocycles. The minimum Gasteiger partial charge on any atom is -0.493 e. The first-order chi connectivity index (χ1) is 15.9. The molecule has 1 aliphatic rings. The second kappa shape index (κ2) is 10.4. The number of amides is 2. The molecule has 0 aromatic heterocycles.